The molecule has 0 saturated heterocycles. The predicted molar refractivity (Wildman–Crippen MR) is 124 cm³/mol. The van der Waals surface area contributed by atoms with Crippen LogP contribution in [0.5, 0.6) is 17.2 Å². The number of carbonyl (C=O) groups excluding carboxylic acids is 1. The van der Waals surface area contributed by atoms with Gasteiger partial charge in [0.2, 0.25) is 5.91 Å². The molecule has 2 aromatic carbocycles. The lowest BCUT2D eigenvalue weighted by molar-refractivity contribution is -0.113. The summed E-state index contributed by atoms with van der Waals surface area (Å²) in [6.45, 7) is 3.58. The number of fused-ring (bicyclic) bond motifs is 2. The second kappa shape index (κ2) is 9.37. The summed E-state index contributed by atoms with van der Waals surface area (Å²) in [7, 11) is 0. The van der Waals surface area contributed by atoms with Gasteiger partial charge in [0.15, 0.2) is 23.0 Å². The van der Waals surface area contributed by atoms with Crippen LogP contribution in [0.2, 0.25) is 0 Å². The van der Waals surface area contributed by atoms with Crippen LogP contribution in [0.4, 0.5) is 5.69 Å². The minimum Gasteiger partial charge on any atom is -0.494 e. The summed E-state index contributed by atoms with van der Waals surface area (Å²) in [6.07, 6.45) is 0. The standard InChI is InChI=1S/C23H21N5O4S/c1-2-30-17-6-3-15(4-7-17)23-26-25-20-9-10-22(27-28(20)23)33-14-21(29)24-16-5-8-18-19(13-16)32-12-11-31-18/h3-10,13H,2,11-12,14H2,1H3,(H,24,29). The predicted octanol–water partition coefficient (Wildman–Crippen LogP) is 3.69. The number of benzene rings is 2. The van der Waals surface area contributed by atoms with Crippen LogP contribution in [0.15, 0.2) is 59.6 Å². The second-order valence-electron chi connectivity index (χ2n) is 7.12. The Morgan fingerprint density at radius 1 is 1.06 bits per heavy atom. The lowest BCUT2D eigenvalue weighted by atomic mass is 10.2. The summed E-state index contributed by atoms with van der Waals surface area (Å²) in [5.41, 5.74) is 2.16. The maximum atomic E-state index is 12.5. The molecule has 1 N–H and O–H groups in total. The minimum atomic E-state index is -0.144. The Morgan fingerprint density at radius 2 is 1.88 bits per heavy atom. The molecule has 5 rings (SSSR count). The number of hydrogen-bond donors (Lipinski definition) is 1. The van der Waals surface area contributed by atoms with Gasteiger partial charge in [0, 0.05) is 17.3 Å². The number of hydrogen-bond acceptors (Lipinski definition) is 8. The van der Waals surface area contributed by atoms with Gasteiger partial charge in [0.25, 0.3) is 0 Å². The highest BCUT2D eigenvalue weighted by Crippen LogP contribution is 2.32. The van der Waals surface area contributed by atoms with Crippen molar-refractivity contribution in [2.24, 2.45) is 0 Å². The molecule has 9 nitrogen and oxygen atoms in total. The molecule has 2 aromatic heterocycles. The Morgan fingerprint density at radius 3 is 2.70 bits per heavy atom. The molecule has 33 heavy (non-hydrogen) atoms. The molecule has 1 aliphatic heterocycles. The van der Waals surface area contributed by atoms with E-state index in [0.29, 0.717) is 53.5 Å². The maximum Gasteiger partial charge on any atom is 0.234 e. The van der Waals surface area contributed by atoms with Gasteiger partial charge >= 0.3 is 0 Å². The highest BCUT2D eigenvalue weighted by atomic mass is 32.2. The molecule has 1 aliphatic rings. The first-order valence-corrected chi connectivity index (χ1v) is 11.5. The first-order valence-electron chi connectivity index (χ1n) is 10.5. The normalized spacial score (nSPS) is 12.5. The quantitative estimate of drug-likeness (QED) is 0.414. The van der Waals surface area contributed by atoms with E-state index in [2.05, 4.69) is 20.6 Å². The van der Waals surface area contributed by atoms with E-state index in [4.69, 9.17) is 14.2 Å². The molecule has 1 amide bonds. The fraction of sp³-hybridized carbons (Fsp3) is 0.217. The topological polar surface area (TPSA) is 99.9 Å². The van der Waals surface area contributed by atoms with Crippen LogP contribution in [-0.2, 0) is 4.79 Å². The average Bonchev–Trinajstić information content (AvgIpc) is 3.27. The molecule has 0 radical (unpaired) electrons. The largest absolute Gasteiger partial charge is 0.494 e. The summed E-state index contributed by atoms with van der Waals surface area (Å²) in [4.78, 5) is 12.5. The smallest absolute Gasteiger partial charge is 0.234 e. The number of carbonyl (C=O) groups is 1. The van der Waals surface area contributed by atoms with Gasteiger partial charge in [-0.15, -0.1) is 10.2 Å². The third-order valence-corrected chi connectivity index (χ3v) is 5.76. The molecule has 0 unspecified atom stereocenters. The first kappa shape index (κ1) is 21.1. The van der Waals surface area contributed by atoms with Gasteiger partial charge in [-0.3, -0.25) is 4.79 Å². The van der Waals surface area contributed by atoms with Gasteiger partial charge in [0.1, 0.15) is 24.0 Å². The SMILES string of the molecule is CCOc1ccc(-c2nnc3ccc(SCC(=O)Nc4ccc5c(c4)OCCO5)nn23)cc1. The molecule has 3 heterocycles. The van der Waals surface area contributed by atoms with Gasteiger partial charge in [-0.1, -0.05) is 11.8 Å². The van der Waals surface area contributed by atoms with Gasteiger partial charge < -0.3 is 19.5 Å². The molecule has 0 fully saturated rings. The monoisotopic (exact) mass is 463 g/mol. The third kappa shape index (κ3) is 4.70. The van der Waals surface area contributed by atoms with Crippen LogP contribution >= 0.6 is 11.8 Å². The summed E-state index contributed by atoms with van der Waals surface area (Å²) in [5, 5.41) is 16.6. The number of rotatable bonds is 7. The van der Waals surface area contributed by atoms with Crippen LogP contribution in [0.3, 0.4) is 0 Å². The Hall–Kier alpha value is -3.79. The summed E-state index contributed by atoms with van der Waals surface area (Å²) >= 11 is 1.33. The van der Waals surface area contributed by atoms with Crippen LogP contribution < -0.4 is 19.5 Å². The number of amides is 1. The minimum absolute atomic E-state index is 0.144. The summed E-state index contributed by atoms with van der Waals surface area (Å²) in [5.74, 6) is 2.79. The molecular weight excluding hydrogens is 442 g/mol. The number of thioether (sulfide) groups is 1. The van der Waals surface area contributed by atoms with Crippen molar-refractivity contribution in [2.45, 2.75) is 11.9 Å². The Labute approximate surface area is 194 Å². The van der Waals surface area contributed by atoms with Gasteiger partial charge in [0.05, 0.1) is 12.4 Å². The molecule has 168 valence electrons. The van der Waals surface area contributed by atoms with Gasteiger partial charge in [-0.25, -0.2) is 0 Å². The van der Waals surface area contributed by atoms with E-state index in [1.165, 1.54) is 11.8 Å². The third-order valence-electron chi connectivity index (χ3n) is 4.84. The van der Waals surface area contributed by atoms with Crippen molar-refractivity contribution >= 4 is 29.0 Å². The van der Waals surface area contributed by atoms with E-state index in [0.717, 1.165) is 11.3 Å². The van der Waals surface area contributed by atoms with E-state index >= 15 is 0 Å². The zero-order chi connectivity index (χ0) is 22.6. The summed E-state index contributed by atoms with van der Waals surface area (Å²) < 4.78 is 18.2. The van der Waals surface area contributed by atoms with Crippen molar-refractivity contribution in [2.75, 3.05) is 30.9 Å². The highest BCUT2D eigenvalue weighted by molar-refractivity contribution is 7.99. The number of anilines is 1. The molecule has 4 aromatic rings. The molecule has 0 spiro atoms. The lowest BCUT2D eigenvalue weighted by Gasteiger charge is -2.18. The van der Waals surface area contributed by atoms with E-state index < -0.39 is 0 Å². The Balaban J connectivity index is 1.26. The molecule has 10 heteroatoms. The molecule has 0 atom stereocenters. The Bertz CT molecular complexity index is 1290. The van der Waals surface area contributed by atoms with E-state index in [1.54, 1.807) is 22.7 Å². The lowest BCUT2D eigenvalue weighted by Crippen LogP contribution is -2.17. The van der Waals surface area contributed by atoms with E-state index in [1.807, 2.05) is 43.3 Å². The van der Waals surface area contributed by atoms with E-state index in [-0.39, 0.29) is 11.7 Å². The van der Waals surface area contributed by atoms with Crippen molar-refractivity contribution in [3.8, 4) is 28.6 Å². The first-order chi connectivity index (χ1) is 16.2. The maximum absolute atomic E-state index is 12.5. The second-order valence-corrected chi connectivity index (χ2v) is 8.11. The molecule has 0 saturated carbocycles. The molecule has 0 bridgehead atoms. The zero-order valence-electron chi connectivity index (χ0n) is 17.9. The van der Waals surface area contributed by atoms with Crippen molar-refractivity contribution in [1.82, 2.24) is 19.8 Å². The van der Waals surface area contributed by atoms with Crippen LogP contribution in [0.25, 0.3) is 17.0 Å². The van der Waals surface area contributed by atoms with Crippen molar-refractivity contribution in [3.63, 3.8) is 0 Å². The van der Waals surface area contributed by atoms with Crippen molar-refractivity contribution in [1.29, 1.82) is 0 Å². The van der Waals surface area contributed by atoms with Crippen LogP contribution in [0, 0.1) is 0 Å². The average molecular weight is 464 g/mol. The van der Waals surface area contributed by atoms with Crippen LogP contribution in [-0.4, -0.2) is 51.3 Å². The number of ether oxygens (including phenoxy) is 3. The highest BCUT2D eigenvalue weighted by Gasteiger charge is 2.14. The molecule has 0 aliphatic carbocycles. The number of nitrogens with one attached hydrogen (secondary N) is 1. The number of nitrogens with zero attached hydrogens (tertiary/aromatic N) is 4. The van der Waals surface area contributed by atoms with E-state index in [9.17, 15) is 4.79 Å². The van der Waals surface area contributed by atoms with Crippen molar-refractivity contribution < 1.29 is 19.0 Å². The van der Waals surface area contributed by atoms with Crippen molar-refractivity contribution in [3.05, 3.63) is 54.6 Å². The van der Waals surface area contributed by atoms with Gasteiger partial charge in [-0.2, -0.15) is 9.61 Å². The fourth-order valence-electron chi connectivity index (χ4n) is 3.35. The zero-order valence-corrected chi connectivity index (χ0v) is 18.7. The van der Waals surface area contributed by atoms with Crippen LogP contribution in [0.1, 0.15) is 6.92 Å². The fourth-order valence-corrected chi connectivity index (χ4v) is 4.01. The summed E-state index contributed by atoms with van der Waals surface area (Å²) in [6, 6.07) is 16.6. The molecular formula is C23H21N5O4S. The number of aromatic nitrogens is 4. The van der Waals surface area contributed by atoms with Gasteiger partial charge in [-0.05, 0) is 55.5 Å². The Kier molecular flexibility index (Phi) is 5.99.